The fourth-order valence-electron chi connectivity index (χ4n) is 7.43. The second-order valence-electron chi connectivity index (χ2n) is 15.5. The third-order valence-corrected chi connectivity index (χ3v) is 10.7. The van der Waals surface area contributed by atoms with Gasteiger partial charge < -0.3 is 52.8 Å². The Kier molecular flexibility index (Phi) is 19.2. The van der Waals surface area contributed by atoms with Gasteiger partial charge in [0.25, 0.3) is 5.91 Å². The molecule has 5 amide bonds. The molecule has 0 saturated carbocycles. The number of aryl methyl sites for hydroxylation is 2. The van der Waals surface area contributed by atoms with Gasteiger partial charge in [0.15, 0.2) is 0 Å². The predicted molar refractivity (Wildman–Crippen MR) is 237 cm³/mol. The smallest absolute Gasteiger partial charge is 0.252 e. The zero-order valence-corrected chi connectivity index (χ0v) is 36.4. The number of hydrogen-bond acceptors (Lipinski definition) is 11. The van der Waals surface area contributed by atoms with Crippen molar-refractivity contribution >= 4 is 29.5 Å². The van der Waals surface area contributed by atoms with Crippen LogP contribution in [0.15, 0.2) is 54.6 Å². The van der Waals surface area contributed by atoms with Crippen molar-refractivity contribution in [2.75, 3.05) is 46.4 Å². The molecule has 334 valence electrons. The summed E-state index contributed by atoms with van der Waals surface area (Å²) in [5, 5.41) is 20.0. The van der Waals surface area contributed by atoms with Crippen LogP contribution in [0.1, 0.15) is 91.0 Å². The Morgan fingerprint density at radius 2 is 1.56 bits per heavy atom. The van der Waals surface area contributed by atoms with Gasteiger partial charge in [0.2, 0.25) is 23.6 Å². The molecule has 1 aliphatic heterocycles. The number of hydrogen-bond donors (Lipinski definition) is 7. The molecule has 0 radical (unpaired) electrons. The fraction of sp³-hybridized carbons (Fsp3) is 0.478. The molecule has 16 nitrogen and oxygen atoms in total. The van der Waals surface area contributed by atoms with Gasteiger partial charge in [-0.3, -0.25) is 24.0 Å². The van der Waals surface area contributed by atoms with E-state index in [0.717, 1.165) is 30.4 Å². The topological polar surface area (TPSA) is 257 Å². The number of likely N-dealkylation sites (N-methyl/N-ethyl adjacent to an activating group) is 1. The van der Waals surface area contributed by atoms with Crippen LogP contribution in [0.25, 0.3) is 11.1 Å². The average molecular weight is 854 g/mol. The van der Waals surface area contributed by atoms with Gasteiger partial charge in [-0.2, -0.15) is 5.26 Å². The number of nitrogens with zero attached hydrogens (tertiary/aromatic N) is 2. The Bertz CT molecular complexity index is 2070. The van der Waals surface area contributed by atoms with E-state index in [0.29, 0.717) is 39.3 Å². The van der Waals surface area contributed by atoms with Gasteiger partial charge in [0, 0.05) is 43.2 Å². The summed E-state index contributed by atoms with van der Waals surface area (Å²) in [7, 11) is 1.45. The summed E-state index contributed by atoms with van der Waals surface area (Å²) in [6.45, 7) is 5.99. The summed E-state index contributed by atoms with van der Waals surface area (Å²) < 4.78 is 12.2. The number of benzene rings is 3. The lowest BCUT2D eigenvalue weighted by atomic mass is 9.93. The van der Waals surface area contributed by atoms with Crippen molar-refractivity contribution in [3.05, 3.63) is 82.4 Å². The number of amides is 5. The zero-order chi connectivity index (χ0) is 45.2. The van der Waals surface area contributed by atoms with Gasteiger partial charge in [-0.1, -0.05) is 56.9 Å². The van der Waals surface area contributed by atoms with E-state index in [4.69, 9.17) is 31.9 Å². The molecule has 4 rings (SSSR count). The third kappa shape index (κ3) is 13.2. The van der Waals surface area contributed by atoms with E-state index in [2.05, 4.69) is 28.2 Å². The summed E-state index contributed by atoms with van der Waals surface area (Å²) in [6.07, 6.45) is 6.77. The minimum Gasteiger partial charge on any atom is -0.492 e. The number of carbonyl (C=O) groups excluding carboxylic acids is 5. The van der Waals surface area contributed by atoms with Crippen LogP contribution in [0.3, 0.4) is 0 Å². The van der Waals surface area contributed by atoms with Gasteiger partial charge in [0.1, 0.15) is 55.4 Å². The van der Waals surface area contributed by atoms with Gasteiger partial charge in [0.05, 0.1) is 6.07 Å². The van der Waals surface area contributed by atoms with Crippen LogP contribution in [-0.4, -0.2) is 99.0 Å². The highest BCUT2D eigenvalue weighted by molar-refractivity contribution is 6.00. The number of nitrogens with one attached hydrogen (secondary N) is 4. The molecule has 3 aromatic carbocycles. The van der Waals surface area contributed by atoms with Crippen LogP contribution >= 0.6 is 0 Å². The molecular formula is C46H63N9O7. The molecule has 4 atom stereocenters. The summed E-state index contributed by atoms with van der Waals surface area (Å²) in [6, 6.07) is 13.0. The van der Waals surface area contributed by atoms with Gasteiger partial charge in [-0.25, -0.2) is 0 Å². The molecule has 0 saturated heterocycles. The van der Waals surface area contributed by atoms with Crippen molar-refractivity contribution in [2.45, 2.75) is 96.3 Å². The molecular weight excluding hydrogens is 791 g/mol. The van der Waals surface area contributed by atoms with Crippen molar-refractivity contribution in [3.63, 3.8) is 0 Å². The minimum atomic E-state index is -1.36. The zero-order valence-electron chi connectivity index (χ0n) is 36.4. The van der Waals surface area contributed by atoms with Crippen LogP contribution < -0.4 is 47.9 Å². The fourth-order valence-corrected chi connectivity index (χ4v) is 7.43. The lowest BCUT2D eigenvalue weighted by Crippen LogP contribution is -2.56. The molecule has 4 bridgehead atoms. The highest BCUT2D eigenvalue weighted by Crippen LogP contribution is 2.40. The minimum absolute atomic E-state index is 0.0173. The van der Waals surface area contributed by atoms with E-state index >= 15 is 0 Å². The third-order valence-electron chi connectivity index (χ3n) is 10.7. The van der Waals surface area contributed by atoms with Gasteiger partial charge >= 0.3 is 0 Å². The van der Waals surface area contributed by atoms with E-state index < -0.39 is 53.7 Å². The SMILES string of the molecule is CCCCCCCc1ccc(C(=O)N[C@H](CCN)C(=O)N(C)[C@@H]2C(=O)N[C@@H](C)C(=O)N[C@H](C(=O)NCC#N)Cc3ccc(OCCN)c(c3)-c3cc2ccc3OCCN)c(C)c1. The number of unbranched alkanes of at least 4 members (excludes halogenated alkanes) is 4. The summed E-state index contributed by atoms with van der Waals surface area (Å²) in [5.41, 5.74) is 21.9. The first kappa shape index (κ1) is 48.6. The van der Waals surface area contributed by atoms with Crippen molar-refractivity contribution < 1.29 is 33.4 Å². The van der Waals surface area contributed by atoms with Crippen LogP contribution in [0.5, 0.6) is 11.5 Å². The molecule has 0 aliphatic carbocycles. The highest BCUT2D eigenvalue weighted by Gasteiger charge is 2.36. The van der Waals surface area contributed by atoms with E-state index in [-0.39, 0.29) is 52.2 Å². The quantitative estimate of drug-likeness (QED) is 0.0643. The van der Waals surface area contributed by atoms with Crippen LogP contribution in [0.4, 0.5) is 0 Å². The van der Waals surface area contributed by atoms with Crippen LogP contribution in [0, 0.1) is 18.3 Å². The van der Waals surface area contributed by atoms with E-state index in [9.17, 15) is 24.0 Å². The van der Waals surface area contributed by atoms with Gasteiger partial charge in [-0.15, -0.1) is 0 Å². The van der Waals surface area contributed by atoms with Gasteiger partial charge in [-0.05, 0) is 92.2 Å². The number of nitriles is 1. The monoisotopic (exact) mass is 853 g/mol. The van der Waals surface area contributed by atoms with Crippen molar-refractivity contribution in [1.29, 1.82) is 5.26 Å². The van der Waals surface area contributed by atoms with Crippen LogP contribution in [0.2, 0.25) is 0 Å². The molecule has 3 aromatic rings. The Morgan fingerprint density at radius 3 is 2.21 bits per heavy atom. The largest absolute Gasteiger partial charge is 0.492 e. The average Bonchev–Trinajstić information content (AvgIpc) is 3.26. The molecule has 62 heavy (non-hydrogen) atoms. The van der Waals surface area contributed by atoms with Crippen molar-refractivity contribution in [1.82, 2.24) is 26.2 Å². The second-order valence-corrected chi connectivity index (χ2v) is 15.5. The number of fused-ring (bicyclic) bond motifs is 5. The number of nitrogens with two attached hydrogens (primary N) is 3. The molecule has 0 fully saturated rings. The molecule has 1 heterocycles. The first-order valence-corrected chi connectivity index (χ1v) is 21.4. The maximum absolute atomic E-state index is 14.6. The predicted octanol–water partition coefficient (Wildman–Crippen LogP) is 2.68. The van der Waals surface area contributed by atoms with Crippen molar-refractivity contribution in [3.8, 4) is 28.7 Å². The number of ether oxygens (including phenoxy) is 2. The molecule has 0 unspecified atom stereocenters. The maximum atomic E-state index is 14.6. The van der Waals surface area contributed by atoms with E-state index in [1.807, 2.05) is 25.1 Å². The van der Waals surface area contributed by atoms with Crippen LogP contribution in [-0.2, 0) is 32.0 Å². The highest BCUT2D eigenvalue weighted by atomic mass is 16.5. The number of carbonyl (C=O) groups is 5. The Hall–Kier alpha value is -6.02. The van der Waals surface area contributed by atoms with Crippen molar-refractivity contribution in [2.24, 2.45) is 17.2 Å². The lowest BCUT2D eigenvalue weighted by Gasteiger charge is -2.32. The maximum Gasteiger partial charge on any atom is 0.252 e. The Labute approximate surface area is 364 Å². The van der Waals surface area contributed by atoms with E-state index in [1.165, 1.54) is 38.1 Å². The summed E-state index contributed by atoms with van der Waals surface area (Å²) in [4.78, 5) is 71.1. The molecule has 0 spiro atoms. The Morgan fingerprint density at radius 1 is 0.887 bits per heavy atom. The summed E-state index contributed by atoms with van der Waals surface area (Å²) in [5.74, 6) is -2.26. The molecule has 10 N–H and O–H groups in total. The summed E-state index contributed by atoms with van der Waals surface area (Å²) >= 11 is 0. The Balaban J connectivity index is 1.78. The first-order valence-electron chi connectivity index (χ1n) is 21.4. The first-order chi connectivity index (χ1) is 29.9. The molecule has 0 aromatic heterocycles. The number of rotatable bonds is 20. The molecule has 1 aliphatic rings. The van der Waals surface area contributed by atoms with E-state index in [1.54, 1.807) is 42.5 Å². The normalized spacial score (nSPS) is 16.7. The standard InChI is InChI=1S/C46H63N9O7/c1-5-6-7-8-9-10-31-11-14-34(29(2)25-31)43(57)53-37(17-18-47)46(60)55(4)41-33-13-16-40(62-24-21-50)36(28-33)35-26-32(12-15-39(35)61-23-20-49)27-38(44(58)51-22-19-48)54-42(56)30(3)52-45(41)59/h11-16,25-26,28,30,37-38,41H,5-10,17-18,20-24,27,47,49-50H2,1-4H3,(H,51,58)(H,52,59)(H,53,57)(H,54,56)/t30-,37+,38-,41-/m0/s1. The lowest BCUT2D eigenvalue weighted by molar-refractivity contribution is -0.141. The molecule has 16 heteroatoms. The second kappa shape index (κ2) is 24.4.